The molecule has 39 heavy (non-hydrogen) atoms. The van der Waals surface area contributed by atoms with Crippen molar-refractivity contribution in [2.45, 2.75) is 63.8 Å². The van der Waals surface area contributed by atoms with E-state index < -0.39 is 34.8 Å². The molecule has 3 aromatic rings. The van der Waals surface area contributed by atoms with Crippen LogP contribution in [0.4, 0.5) is 24.8 Å². The molecule has 10 nitrogen and oxygen atoms in total. The Bertz CT molecular complexity index is 1410. The van der Waals surface area contributed by atoms with Crippen molar-refractivity contribution in [2.24, 2.45) is 0 Å². The van der Waals surface area contributed by atoms with Crippen LogP contribution in [0.15, 0.2) is 24.4 Å². The van der Waals surface area contributed by atoms with Gasteiger partial charge in [-0.25, -0.2) is 19.7 Å². The number of carboxylic acids is 1. The SMILES string of the molecule is Cc1nsc(COc2ccc3c(c2)CCN3c2ncc(C(=O)NC3(C(=O)O)CCCCC3)c(C(F)(F)F)n2)n1. The Morgan fingerprint density at radius 3 is 2.64 bits per heavy atom. The lowest BCUT2D eigenvalue weighted by Gasteiger charge is -2.34. The standard InChI is InChI=1S/C25H25F3N6O4S/c1-14-30-19(39-33-14)13-38-16-5-6-18-15(11-16)7-10-34(18)23-29-12-17(20(31-23)25(26,27)28)21(35)32-24(22(36)37)8-3-2-4-9-24/h5-6,11-12H,2-4,7-10,13H2,1H3,(H,32,35)(H,36,37). The van der Waals surface area contributed by atoms with Crippen LogP contribution in [0, 0.1) is 6.92 Å². The van der Waals surface area contributed by atoms with Crippen molar-refractivity contribution in [1.29, 1.82) is 0 Å². The number of halogens is 3. The summed E-state index contributed by atoms with van der Waals surface area (Å²) >= 11 is 1.25. The monoisotopic (exact) mass is 562 g/mol. The molecular weight excluding hydrogens is 537 g/mol. The Hall–Kier alpha value is -3.81. The van der Waals surface area contributed by atoms with Gasteiger partial charge in [0.2, 0.25) is 5.95 Å². The highest BCUT2D eigenvalue weighted by molar-refractivity contribution is 7.05. The molecule has 0 radical (unpaired) electrons. The largest absolute Gasteiger partial charge is 0.486 e. The van der Waals surface area contributed by atoms with Crippen molar-refractivity contribution >= 4 is 35.0 Å². The summed E-state index contributed by atoms with van der Waals surface area (Å²) in [5.41, 5.74) is -2.36. The number of hydrogen-bond acceptors (Lipinski definition) is 9. The number of carbonyl (C=O) groups excluding carboxylic acids is 1. The minimum Gasteiger partial charge on any atom is -0.486 e. The van der Waals surface area contributed by atoms with E-state index in [9.17, 15) is 27.9 Å². The molecule has 1 aliphatic carbocycles. The number of ether oxygens (including phenoxy) is 1. The van der Waals surface area contributed by atoms with E-state index in [2.05, 4.69) is 24.6 Å². The highest BCUT2D eigenvalue weighted by atomic mass is 32.1. The lowest BCUT2D eigenvalue weighted by Crippen LogP contribution is -2.55. The summed E-state index contributed by atoms with van der Waals surface area (Å²) in [6, 6.07) is 5.23. The van der Waals surface area contributed by atoms with E-state index in [1.54, 1.807) is 24.0 Å². The quantitative estimate of drug-likeness (QED) is 0.429. The molecule has 1 aromatic carbocycles. The zero-order chi connectivity index (χ0) is 27.8. The van der Waals surface area contributed by atoms with E-state index in [-0.39, 0.29) is 25.4 Å². The number of anilines is 2. The minimum atomic E-state index is -4.96. The lowest BCUT2D eigenvalue weighted by molar-refractivity contribution is -0.145. The fourth-order valence-electron chi connectivity index (χ4n) is 4.94. The second kappa shape index (κ2) is 10.4. The van der Waals surface area contributed by atoms with Crippen LogP contribution in [-0.4, -0.2) is 48.4 Å². The van der Waals surface area contributed by atoms with E-state index in [0.29, 0.717) is 43.1 Å². The third kappa shape index (κ3) is 5.51. The molecule has 0 unspecified atom stereocenters. The van der Waals surface area contributed by atoms with Gasteiger partial charge in [0, 0.05) is 18.4 Å². The van der Waals surface area contributed by atoms with Crippen molar-refractivity contribution in [3.05, 3.63) is 52.0 Å². The third-order valence-electron chi connectivity index (χ3n) is 6.88. The van der Waals surface area contributed by atoms with Crippen molar-refractivity contribution in [2.75, 3.05) is 11.4 Å². The number of nitrogens with zero attached hydrogens (tertiary/aromatic N) is 5. The Morgan fingerprint density at radius 1 is 1.21 bits per heavy atom. The number of carboxylic acid groups (broad SMARTS) is 1. The molecule has 0 atom stereocenters. The summed E-state index contributed by atoms with van der Waals surface area (Å²) in [7, 11) is 0. The number of aliphatic carboxylic acids is 1. The minimum absolute atomic E-state index is 0.144. The summed E-state index contributed by atoms with van der Waals surface area (Å²) < 4.78 is 52.1. The first-order valence-corrected chi connectivity index (χ1v) is 13.2. The van der Waals surface area contributed by atoms with Gasteiger partial charge in [-0.1, -0.05) is 19.3 Å². The van der Waals surface area contributed by atoms with E-state index in [1.165, 1.54) is 11.5 Å². The van der Waals surface area contributed by atoms with Gasteiger partial charge in [-0.2, -0.15) is 17.5 Å². The first-order chi connectivity index (χ1) is 18.6. The molecule has 1 fully saturated rings. The molecule has 1 amide bonds. The Labute approximate surface area is 225 Å². The number of benzene rings is 1. The van der Waals surface area contributed by atoms with Gasteiger partial charge in [0.25, 0.3) is 5.91 Å². The molecule has 2 aromatic heterocycles. The molecule has 2 N–H and O–H groups in total. The van der Waals surface area contributed by atoms with Crippen LogP contribution in [0.5, 0.6) is 5.75 Å². The molecule has 1 aliphatic heterocycles. The van der Waals surface area contributed by atoms with Gasteiger partial charge in [-0.15, -0.1) is 0 Å². The maximum atomic E-state index is 14.1. The van der Waals surface area contributed by atoms with E-state index in [0.717, 1.165) is 23.2 Å². The Kier molecular flexibility index (Phi) is 7.14. The summed E-state index contributed by atoms with van der Waals surface area (Å²) in [5.74, 6) is -1.38. The van der Waals surface area contributed by atoms with Crippen LogP contribution in [0.25, 0.3) is 0 Å². The van der Waals surface area contributed by atoms with Crippen LogP contribution in [0.2, 0.25) is 0 Å². The molecule has 2 aliphatic rings. The predicted octanol–water partition coefficient (Wildman–Crippen LogP) is 4.45. The maximum Gasteiger partial charge on any atom is 0.434 e. The van der Waals surface area contributed by atoms with Crippen LogP contribution >= 0.6 is 11.5 Å². The van der Waals surface area contributed by atoms with E-state index in [1.807, 2.05) is 6.07 Å². The summed E-state index contributed by atoms with van der Waals surface area (Å²) in [4.78, 5) is 38.5. The summed E-state index contributed by atoms with van der Waals surface area (Å²) in [6.45, 7) is 2.37. The second-order valence-corrected chi connectivity index (χ2v) is 10.4. The van der Waals surface area contributed by atoms with Crippen LogP contribution in [-0.2, 0) is 24.0 Å². The van der Waals surface area contributed by atoms with Gasteiger partial charge in [0.15, 0.2) is 10.7 Å². The number of rotatable bonds is 7. The number of fused-ring (bicyclic) bond motifs is 1. The molecular formula is C25H25F3N6O4S. The molecule has 14 heteroatoms. The fraction of sp³-hybridized carbons (Fsp3) is 0.440. The number of aromatic nitrogens is 4. The van der Waals surface area contributed by atoms with Gasteiger partial charge in [0.05, 0.1) is 5.56 Å². The van der Waals surface area contributed by atoms with E-state index >= 15 is 0 Å². The molecule has 5 rings (SSSR count). The highest BCUT2D eigenvalue weighted by Gasteiger charge is 2.44. The zero-order valence-corrected chi connectivity index (χ0v) is 21.7. The van der Waals surface area contributed by atoms with Gasteiger partial charge >= 0.3 is 12.1 Å². The van der Waals surface area contributed by atoms with Gasteiger partial charge < -0.3 is 20.1 Å². The molecule has 0 bridgehead atoms. The average molecular weight is 563 g/mol. The number of hydrogen-bond donors (Lipinski definition) is 2. The van der Waals surface area contributed by atoms with Gasteiger partial charge in [-0.3, -0.25) is 4.79 Å². The third-order valence-corrected chi connectivity index (χ3v) is 7.65. The maximum absolute atomic E-state index is 14.1. The fourth-order valence-corrected chi connectivity index (χ4v) is 5.50. The number of amides is 1. The summed E-state index contributed by atoms with van der Waals surface area (Å²) in [6.07, 6.45) is -1.43. The van der Waals surface area contributed by atoms with Crippen LogP contribution < -0.4 is 15.0 Å². The number of carbonyl (C=O) groups is 2. The van der Waals surface area contributed by atoms with Gasteiger partial charge in [-0.05, 0) is 61.5 Å². The predicted molar refractivity (Wildman–Crippen MR) is 134 cm³/mol. The molecule has 206 valence electrons. The Morgan fingerprint density at radius 2 is 1.97 bits per heavy atom. The van der Waals surface area contributed by atoms with E-state index in [4.69, 9.17) is 4.74 Å². The average Bonchev–Trinajstić information content (AvgIpc) is 3.52. The zero-order valence-electron chi connectivity index (χ0n) is 20.9. The van der Waals surface area contributed by atoms with Crippen molar-refractivity contribution in [3.63, 3.8) is 0 Å². The van der Waals surface area contributed by atoms with Gasteiger partial charge in [0.1, 0.15) is 23.7 Å². The summed E-state index contributed by atoms with van der Waals surface area (Å²) in [5, 5.41) is 12.8. The molecule has 1 saturated carbocycles. The number of nitrogens with one attached hydrogen (secondary N) is 1. The van der Waals surface area contributed by atoms with Crippen molar-refractivity contribution in [1.82, 2.24) is 24.6 Å². The Balaban J connectivity index is 1.38. The first kappa shape index (κ1) is 26.8. The van der Waals surface area contributed by atoms with Crippen molar-refractivity contribution in [3.8, 4) is 5.75 Å². The topological polar surface area (TPSA) is 130 Å². The van der Waals surface area contributed by atoms with Crippen molar-refractivity contribution < 1.29 is 32.6 Å². The highest BCUT2D eigenvalue weighted by Crippen LogP contribution is 2.38. The van der Waals surface area contributed by atoms with Crippen LogP contribution in [0.1, 0.15) is 64.6 Å². The normalized spacial score (nSPS) is 16.6. The lowest BCUT2D eigenvalue weighted by atomic mass is 9.81. The molecule has 3 heterocycles. The smallest absolute Gasteiger partial charge is 0.434 e. The second-order valence-electron chi connectivity index (χ2n) is 9.55. The number of alkyl halides is 3. The van der Waals surface area contributed by atoms with Crippen LogP contribution in [0.3, 0.4) is 0 Å². The molecule has 0 spiro atoms. The first-order valence-electron chi connectivity index (χ1n) is 12.4. The molecule has 0 saturated heterocycles. The number of aryl methyl sites for hydroxylation is 1.